The molecule has 0 saturated heterocycles. The second-order valence-corrected chi connectivity index (χ2v) is 6.70. The monoisotopic (exact) mass is 289 g/mol. The van der Waals surface area contributed by atoms with Crippen molar-refractivity contribution in [2.24, 2.45) is 0 Å². The van der Waals surface area contributed by atoms with Gasteiger partial charge in [-0.25, -0.2) is 17.9 Å². The lowest BCUT2D eigenvalue weighted by Crippen LogP contribution is -2.34. The number of rotatable bonds is 4. The van der Waals surface area contributed by atoms with E-state index in [-0.39, 0.29) is 21.0 Å². The van der Waals surface area contributed by atoms with Crippen molar-refractivity contribution in [1.29, 1.82) is 0 Å². The summed E-state index contributed by atoms with van der Waals surface area (Å²) < 4.78 is 26.6. The predicted molar refractivity (Wildman–Crippen MR) is 66.4 cm³/mol. The van der Waals surface area contributed by atoms with Crippen LogP contribution in [0, 0.1) is 0 Å². The maximum Gasteiger partial charge on any atom is 0.337 e. The molecule has 0 aromatic heterocycles. The number of carboxylic acid groups (broad SMARTS) is 1. The Morgan fingerprint density at radius 1 is 1.44 bits per heavy atom. The molecule has 0 unspecified atom stereocenters. The van der Waals surface area contributed by atoms with Crippen molar-refractivity contribution in [3.05, 3.63) is 28.8 Å². The molecule has 1 fully saturated rings. The van der Waals surface area contributed by atoms with Gasteiger partial charge in [0.05, 0.1) is 15.5 Å². The first-order valence-corrected chi connectivity index (χ1v) is 7.16. The summed E-state index contributed by atoms with van der Waals surface area (Å²) in [5.74, 6) is -1.19. The first kappa shape index (κ1) is 13.3. The van der Waals surface area contributed by atoms with E-state index in [1.807, 2.05) is 6.92 Å². The van der Waals surface area contributed by atoms with E-state index < -0.39 is 16.0 Å². The van der Waals surface area contributed by atoms with Gasteiger partial charge < -0.3 is 5.11 Å². The van der Waals surface area contributed by atoms with Crippen molar-refractivity contribution in [1.82, 2.24) is 4.72 Å². The van der Waals surface area contributed by atoms with Crippen LogP contribution < -0.4 is 4.72 Å². The number of hydrogen-bond acceptors (Lipinski definition) is 3. The van der Waals surface area contributed by atoms with Gasteiger partial charge >= 0.3 is 5.97 Å². The average Bonchev–Trinajstić information content (AvgIpc) is 2.94. The van der Waals surface area contributed by atoms with Crippen LogP contribution in [0.1, 0.15) is 30.1 Å². The molecule has 1 saturated carbocycles. The van der Waals surface area contributed by atoms with Gasteiger partial charge in [-0.15, -0.1) is 0 Å². The third-order valence-electron chi connectivity index (χ3n) is 2.86. The lowest BCUT2D eigenvalue weighted by atomic mass is 10.2. The molecule has 0 heterocycles. The highest BCUT2D eigenvalue weighted by molar-refractivity contribution is 7.89. The molecular weight excluding hydrogens is 278 g/mol. The van der Waals surface area contributed by atoms with Gasteiger partial charge in [0.2, 0.25) is 10.0 Å². The SMILES string of the molecule is CC1(NS(=O)(=O)c2ccc(C(=O)O)c(Cl)c2)CC1. The van der Waals surface area contributed by atoms with Crippen LogP contribution in [0.4, 0.5) is 0 Å². The minimum Gasteiger partial charge on any atom is -0.478 e. The molecule has 0 aliphatic heterocycles. The third-order valence-corrected chi connectivity index (χ3v) is 4.81. The fraction of sp³-hybridized carbons (Fsp3) is 0.364. The summed E-state index contributed by atoms with van der Waals surface area (Å²) in [5, 5.41) is 8.71. The zero-order valence-corrected chi connectivity index (χ0v) is 11.2. The summed E-state index contributed by atoms with van der Waals surface area (Å²) in [6, 6.07) is 3.58. The van der Waals surface area contributed by atoms with Gasteiger partial charge in [0.25, 0.3) is 0 Å². The van der Waals surface area contributed by atoms with Crippen LogP contribution in [0.5, 0.6) is 0 Å². The molecule has 1 aromatic carbocycles. The van der Waals surface area contributed by atoms with E-state index in [1.165, 1.54) is 12.1 Å². The zero-order valence-electron chi connectivity index (χ0n) is 9.60. The highest BCUT2D eigenvalue weighted by Crippen LogP contribution is 2.36. The molecule has 0 bridgehead atoms. The maximum atomic E-state index is 12.0. The Labute approximate surface area is 110 Å². The average molecular weight is 290 g/mol. The molecule has 2 N–H and O–H groups in total. The van der Waals surface area contributed by atoms with E-state index >= 15 is 0 Å². The molecule has 5 nitrogen and oxygen atoms in total. The number of nitrogens with one attached hydrogen (secondary N) is 1. The summed E-state index contributed by atoms with van der Waals surface area (Å²) in [5.41, 5.74) is -0.496. The molecule has 0 atom stereocenters. The standard InChI is InChI=1S/C11H12ClNO4S/c1-11(4-5-11)13-18(16,17)7-2-3-8(10(14)15)9(12)6-7/h2-3,6,13H,4-5H2,1H3,(H,14,15). The Morgan fingerprint density at radius 3 is 2.50 bits per heavy atom. The lowest BCUT2D eigenvalue weighted by molar-refractivity contribution is 0.0697. The summed E-state index contributed by atoms with van der Waals surface area (Å²) in [7, 11) is -3.65. The van der Waals surface area contributed by atoms with Crippen molar-refractivity contribution in [3.63, 3.8) is 0 Å². The molecule has 0 spiro atoms. The van der Waals surface area contributed by atoms with Gasteiger partial charge in [0.1, 0.15) is 0 Å². The second-order valence-electron chi connectivity index (χ2n) is 4.61. The van der Waals surface area contributed by atoms with Crippen LogP contribution in [0.15, 0.2) is 23.1 Å². The van der Waals surface area contributed by atoms with Gasteiger partial charge in [-0.2, -0.15) is 0 Å². The van der Waals surface area contributed by atoms with E-state index in [0.29, 0.717) is 0 Å². The number of aromatic carboxylic acids is 1. The minimum absolute atomic E-state index is 0.0226. The Bertz CT molecular complexity index is 607. The van der Waals surface area contributed by atoms with Crippen molar-refractivity contribution < 1.29 is 18.3 Å². The number of halogens is 1. The molecular formula is C11H12ClNO4S. The van der Waals surface area contributed by atoms with Crippen LogP contribution in [0.25, 0.3) is 0 Å². The van der Waals surface area contributed by atoms with Gasteiger partial charge in [-0.1, -0.05) is 11.6 Å². The minimum atomic E-state index is -3.65. The molecule has 1 aliphatic rings. The summed E-state index contributed by atoms with van der Waals surface area (Å²) >= 11 is 5.74. The fourth-order valence-corrected chi connectivity index (χ4v) is 3.33. The summed E-state index contributed by atoms with van der Waals surface area (Å²) in [6.45, 7) is 1.82. The Morgan fingerprint density at radius 2 is 2.06 bits per heavy atom. The first-order chi connectivity index (χ1) is 8.23. The van der Waals surface area contributed by atoms with E-state index in [4.69, 9.17) is 16.7 Å². The van der Waals surface area contributed by atoms with E-state index in [1.54, 1.807) is 0 Å². The van der Waals surface area contributed by atoms with Gasteiger partial charge in [-0.05, 0) is 38.0 Å². The van der Waals surface area contributed by atoms with Crippen LogP contribution in [0.2, 0.25) is 5.02 Å². The quantitative estimate of drug-likeness (QED) is 0.886. The van der Waals surface area contributed by atoms with Gasteiger partial charge in [0, 0.05) is 5.54 Å². The molecule has 0 radical (unpaired) electrons. The molecule has 18 heavy (non-hydrogen) atoms. The van der Waals surface area contributed by atoms with Crippen molar-refractivity contribution in [2.75, 3.05) is 0 Å². The molecule has 98 valence electrons. The normalized spacial score (nSPS) is 17.4. The number of carbonyl (C=O) groups is 1. The van der Waals surface area contributed by atoms with Crippen LogP contribution in [0.3, 0.4) is 0 Å². The van der Waals surface area contributed by atoms with Crippen LogP contribution in [-0.4, -0.2) is 25.0 Å². The first-order valence-electron chi connectivity index (χ1n) is 5.30. The van der Waals surface area contributed by atoms with E-state index in [0.717, 1.165) is 18.9 Å². The van der Waals surface area contributed by atoms with Crippen molar-refractivity contribution >= 4 is 27.6 Å². The predicted octanol–water partition coefficient (Wildman–Crippen LogP) is 1.87. The molecule has 2 rings (SSSR count). The Hall–Kier alpha value is -1.11. The zero-order chi connectivity index (χ0) is 13.6. The van der Waals surface area contributed by atoms with Crippen LogP contribution in [-0.2, 0) is 10.0 Å². The van der Waals surface area contributed by atoms with Crippen molar-refractivity contribution in [3.8, 4) is 0 Å². The molecule has 1 aliphatic carbocycles. The maximum absolute atomic E-state index is 12.0. The van der Waals surface area contributed by atoms with E-state index in [9.17, 15) is 13.2 Å². The van der Waals surface area contributed by atoms with Crippen LogP contribution >= 0.6 is 11.6 Å². The Balaban J connectivity index is 2.34. The highest BCUT2D eigenvalue weighted by atomic mass is 35.5. The van der Waals surface area contributed by atoms with Gasteiger partial charge in [0.15, 0.2) is 0 Å². The Kier molecular flexibility index (Phi) is 3.12. The topological polar surface area (TPSA) is 83.5 Å². The van der Waals surface area contributed by atoms with Gasteiger partial charge in [-0.3, -0.25) is 0 Å². The number of hydrogen-bond donors (Lipinski definition) is 2. The molecule has 7 heteroatoms. The lowest BCUT2D eigenvalue weighted by Gasteiger charge is -2.12. The second kappa shape index (κ2) is 4.22. The smallest absolute Gasteiger partial charge is 0.337 e. The number of carboxylic acids is 1. The molecule has 0 amide bonds. The summed E-state index contributed by atoms with van der Waals surface area (Å²) in [6.07, 6.45) is 1.60. The number of sulfonamides is 1. The highest BCUT2D eigenvalue weighted by Gasteiger charge is 2.41. The summed E-state index contributed by atoms with van der Waals surface area (Å²) in [4.78, 5) is 10.7. The third kappa shape index (κ3) is 2.66. The largest absolute Gasteiger partial charge is 0.478 e. The van der Waals surface area contributed by atoms with E-state index in [2.05, 4.69) is 4.72 Å². The van der Waals surface area contributed by atoms with Crippen molar-refractivity contribution in [2.45, 2.75) is 30.2 Å². The molecule has 1 aromatic rings. The number of benzene rings is 1. The fourth-order valence-electron chi connectivity index (χ4n) is 1.51.